The molecule has 7 heteroatoms. The molecule has 1 heterocycles. The molecule has 1 saturated carbocycles. The van der Waals surface area contributed by atoms with Crippen molar-refractivity contribution in [1.29, 1.82) is 0 Å². The summed E-state index contributed by atoms with van der Waals surface area (Å²) in [6.07, 6.45) is 4.54. The molecule has 0 atom stereocenters. The molecule has 6 nitrogen and oxygen atoms in total. The van der Waals surface area contributed by atoms with E-state index in [1.807, 2.05) is 0 Å². The molecule has 0 unspecified atom stereocenters. The van der Waals surface area contributed by atoms with Gasteiger partial charge in [0, 0.05) is 24.9 Å². The van der Waals surface area contributed by atoms with E-state index < -0.39 is 9.84 Å². The molecule has 0 aliphatic heterocycles. The van der Waals surface area contributed by atoms with Gasteiger partial charge in [-0.25, -0.2) is 13.1 Å². The van der Waals surface area contributed by atoms with E-state index in [9.17, 15) is 13.2 Å². The number of hydrogen-bond acceptors (Lipinski definition) is 5. The molecule has 1 aliphatic rings. The van der Waals surface area contributed by atoms with E-state index in [-0.39, 0.29) is 17.1 Å². The average molecular weight is 299 g/mol. The maximum atomic E-state index is 11.8. The maximum Gasteiger partial charge on any atom is 0.268 e. The molecule has 112 valence electrons. The van der Waals surface area contributed by atoms with E-state index in [0.29, 0.717) is 13.0 Å². The van der Waals surface area contributed by atoms with Crippen LogP contribution in [0.3, 0.4) is 0 Å². The summed E-state index contributed by atoms with van der Waals surface area (Å²) in [6, 6.07) is 1.52. The van der Waals surface area contributed by atoms with Crippen LogP contribution in [-0.2, 0) is 16.4 Å². The number of sulfone groups is 1. The summed E-state index contributed by atoms with van der Waals surface area (Å²) in [4.78, 5) is 11.8. The maximum absolute atomic E-state index is 11.8. The lowest BCUT2D eigenvalue weighted by Gasteiger charge is -2.07. The number of aryl methyl sites for hydroxylation is 1. The first-order valence-corrected chi connectivity index (χ1v) is 8.84. The molecule has 2 rings (SSSR count). The van der Waals surface area contributed by atoms with Gasteiger partial charge in [-0.05, 0) is 25.2 Å². The molecule has 20 heavy (non-hydrogen) atoms. The molecule has 0 aromatic carbocycles. The minimum absolute atomic E-state index is 0.0965. The van der Waals surface area contributed by atoms with E-state index >= 15 is 0 Å². The molecule has 0 bridgehead atoms. The number of hydrogen-bond donors (Lipinski definition) is 1. The van der Waals surface area contributed by atoms with Crippen molar-refractivity contribution in [2.24, 2.45) is 5.92 Å². The standard InChI is InChI=1S/C13H21N3O3S/c1-2-20(18,19)7-3-6-16-13(17)8-12(10-15-16)14-9-11-4-5-11/h8,10-11,14H,2-7,9H2,1H3. The fraction of sp³-hybridized carbons (Fsp3) is 0.692. The second-order valence-electron chi connectivity index (χ2n) is 5.22. The van der Waals surface area contributed by atoms with Crippen molar-refractivity contribution in [3.63, 3.8) is 0 Å². The van der Waals surface area contributed by atoms with Crippen LogP contribution in [0.25, 0.3) is 0 Å². The summed E-state index contributed by atoms with van der Waals surface area (Å²) in [5, 5.41) is 7.26. The highest BCUT2D eigenvalue weighted by molar-refractivity contribution is 7.91. The van der Waals surface area contributed by atoms with E-state index in [0.717, 1.165) is 18.2 Å². The lowest BCUT2D eigenvalue weighted by Crippen LogP contribution is -2.24. The van der Waals surface area contributed by atoms with Crippen LogP contribution in [0.15, 0.2) is 17.1 Å². The van der Waals surface area contributed by atoms with Crippen LogP contribution in [0.2, 0.25) is 0 Å². The van der Waals surface area contributed by atoms with Gasteiger partial charge in [0.15, 0.2) is 0 Å². The largest absolute Gasteiger partial charge is 0.383 e. The topological polar surface area (TPSA) is 81.1 Å². The van der Waals surface area contributed by atoms with Gasteiger partial charge in [0.25, 0.3) is 5.56 Å². The second-order valence-corrected chi connectivity index (χ2v) is 7.69. The minimum atomic E-state index is -2.98. The van der Waals surface area contributed by atoms with Crippen molar-refractivity contribution in [3.05, 3.63) is 22.6 Å². The normalized spacial score (nSPS) is 15.2. The third kappa shape index (κ3) is 4.63. The zero-order valence-corrected chi connectivity index (χ0v) is 12.5. The van der Waals surface area contributed by atoms with Gasteiger partial charge < -0.3 is 5.32 Å². The molecule has 1 aromatic rings. The first-order chi connectivity index (χ1) is 9.50. The Morgan fingerprint density at radius 3 is 2.80 bits per heavy atom. The molecule has 0 radical (unpaired) electrons. The van der Waals surface area contributed by atoms with Crippen LogP contribution < -0.4 is 10.9 Å². The third-order valence-corrected chi connectivity index (χ3v) is 5.22. The Bertz CT molecular complexity index is 606. The number of rotatable bonds is 8. The number of nitrogens with one attached hydrogen (secondary N) is 1. The highest BCUT2D eigenvalue weighted by Crippen LogP contribution is 2.28. The van der Waals surface area contributed by atoms with Crippen LogP contribution in [0.5, 0.6) is 0 Å². The fourth-order valence-corrected chi connectivity index (χ4v) is 2.72. The SMILES string of the molecule is CCS(=O)(=O)CCCn1ncc(NCC2CC2)cc1=O. The molecule has 0 saturated heterocycles. The average Bonchev–Trinajstić information content (AvgIpc) is 3.23. The fourth-order valence-electron chi connectivity index (χ4n) is 1.86. The van der Waals surface area contributed by atoms with Gasteiger partial charge in [-0.2, -0.15) is 5.10 Å². The van der Waals surface area contributed by atoms with Crippen LogP contribution in [-0.4, -0.2) is 36.2 Å². The van der Waals surface area contributed by atoms with Crippen LogP contribution in [0, 0.1) is 5.92 Å². The summed E-state index contributed by atoms with van der Waals surface area (Å²) in [5.41, 5.74) is 0.541. The van der Waals surface area contributed by atoms with Gasteiger partial charge in [-0.15, -0.1) is 0 Å². The quantitative estimate of drug-likeness (QED) is 0.771. The summed E-state index contributed by atoms with van der Waals surface area (Å²) < 4.78 is 24.0. The third-order valence-electron chi connectivity index (χ3n) is 3.43. The second kappa shape index (κ2) is 6.39. The van der Waals surface area contributed by atoms with Gasteiger partial charge in [0.1, 0.15) is 9.84 Å². The Morgan fingerprint density at radius 2 is 2.20 bits per heavy atom. The van der Waals surface area contributed by atoms with E-state index in [1.54, 1.807) is 13.1 Å². The summed E-state index contributed by atoms with van der Waals surface area (Å²) in [5.74, 6) is 0.968. The van der Waals surface area contributed by atoms with Gasteiger partial charge in [-0.1, -0.05) is 6.92 Å². The first kappa shape index (κ1) is 15.0. The van der Waals surface area contributed by atoms with Gasteiger partial charge in [-0.3, -0.25) is 4.79 Å². The molecule has 0 spiro atoms. The van der Waals surface area contributed by atoms with Crippen LogP contribution in [0.4, 0.5) is 5.69 Å². The highest BCUT2D eigenvalue weighted by atomic mass is 32.2. The smallest absolute Gasteiger partial charge is 0.268 e. The van der Waals surface area contributed by atoms with Gasteiger partial charge in [0.2, 0.25) is 0 Å². The zero-order valence-electron chi connectivity index (χ0n) is 11.7. The van der Waals surface area contributed by atoms with E-state index in [2.05, 4.69) is 10.4 Å². The molecule has 1 aliphatic carbocycles. The summed E-state index contributed by atoms with van der Waals surface area (Å²) in [6.45, 7) is 2.85. The van der Waals surface area contributed by atoms with Gasteiger partial charge >= 0.3 is 0 Å². The Morgan fingerprint density at radius 1 is 1.45 bits per heavy atom. The van der Waals surface area contributed by atoms with E-state index in [1.165, 1.54) is 23.6 Å². The van der Waals surface area contributed by atoms with Crippen molar-refractivity contribution in [2.75, 3.05) is 23.4 Å². The Hall–Kier alpha value is -1.37. The molecule has 1 fully saturated rings. The minimum Gasteiger partial charge on any atom is -0.383 e. The monoisotopic (exact) mass is 299 g/mol. The Kier molecular flexibility index (Phi) is 4.80. The first-order valence-electron chi connectivity index (χ1n) is 7.01. The summed E-state index contributed by atoms with van der Waals surface area (Å²) in [7, 11) is -2.98. The molecular formula is C13H21N3O3S. The number of anilines is 1. The Labute approximate surface area is 119 Å². The summed E-state index contributed by atoms with van der Waals surface area (Å²) >= 11 is 0. The lowest BCUT2D eigenvalue weighted by atomic mass is 10.4. The highest BCUT2D eigenvalue weighted by Gasteiger charge is 2.20. The van der Waals surface area contributed by atoms with Crippen LogP contribution in [0.1, 0.15) is 26.2 Å². The number of aromatic nitrogens is 2. The molecule has 0 amide bonds. The van der Waals surface area contributed by atoms with Crippen molar-refractivity contribution in [1.82, 2.24) is 9.78 Å². The van der Waals surface area contributed by atoms with Crippen LogP contribution >= 0.6 is 0 Å². The zero-order chi connectivity index (χ0) is 14.6. The lowest BCUT2D eigenvalue weighted by molar-refractivity contribution is 0.555. The van der Waals surface area contributed by atoms with Crippen molar-refractivity contribution >= 4 is 15.5 Å². The molecular weight excluding hydrogens is 278 g/mol. The molecule has 1 N–H and O–H groups in total. The van der Waals surface area contributed by atoms with E-state index in [4.69, 9.17) is 0 Å². The van der Waals surface area contributed by atoms with Gasteiger partial charge in [0.05, 0.1) is 17.6 Å². The van der Waals surface area contributed by atoms with Crippen molar-refractivity contribution in [2.45, 2.75) is 32.7 Å². The van der Waals surface area contributed by atoms with Crippen molar-refractivity contribution < 1.29 is 8.42 Å². The molecule has 1 aromatic heterocycles. The number of nitrogens with zero attached hydrogens (tertiary/aromatic N) is 2. The van der Waals surface area contributed by atoms with Crippen molar-refractivity contribution in [3.8, 4) is 0 Å². The predicted octanol–water partition coefficient (Wildman–Crippen LogP) is 0.890. The predicted molar refractivity (Wildman–Crippen MR) is 78.7 cm³/mol. The Balaban J connectivity index is 1.87.